The molecule has 0 amide bonds. The fourth-order valence-corrected chi connectivity index (χ4v) is 5.86. The molecule has 0 fully saturated rings. The van der Waals surface area contributed by atoms with E-state index in [2.05, 4.69) is 78.9 Å². The van der Waals surface area contributed by atoms with Crippen molar-refractivity contribution in [3.8, 4) is 0 Å². The van der Waals surface area contributed by atoms with Gasteiger partial charge in [-0.2, -0.15) is 0 Å². The summed E-state index contributed by atoms with van der Waals surface area (Å²) in [5.41, 5.74) is 2.81. The minimum atomic E-state index is 0.417. The molecular weight excluding hydrogens is 400 g/mol. The molecule has 0 aliphatic rings. The van der Waals surface area contributed by atoms with Crippen LogP contribution in [0.3, 0.4) is 0 Å². The summed E-state index contributed by atoms with van der Waals surface area (Å²) in [6.07, 6.45) is 0. The quantitative estimate of drug-likeness (QED) is 0.561. The Kier molecular flexibility index (Phi) is 5.86. The van der Waals surface area contributed by atoms with E-state index in [9.17, 15) is 0 Å². The van der Waals surface area contributed by atoms with E-state index in [1.54, 1.807) is 0 Å². The molecule has 0 aliphatic heterocycles. The molecule has 0 N–H and O–H groups in total. The molecule has 0 spiro atoms. The van der Waals surface area contributed by atoms with Gasteiger partial charge in [-0.15, -0.1) is 0 Å². The second-order valence-corrected chi connectivity index (χ2v) is 9.04. The number of aromatic nitrogens is 1. The van der Waals surface area contributed by atoms with Gasteiger partial charge in [-0.3, -0.25) is 0 Å². The zero-order chi connectivity index (χ0) is 15.0. The number of benzene rings is 2. The first-order valence-corrected chi connectivity index (χ1v) is 11.3. The summed E-state index contributed by atoms with van der Waals surface area (Å²) in [4.78, 5) is 4.86. The van der Waals surface area contributed by atoms with E-state index in [0.29, 0.717) is 29.9 Å². The monoisotopic (exact) mass is 419 g/mol. The van der Waals surface area contributed by atoms with E-state index in [0.717, 1.165) is 10.6 Å². The zero-order valence-electron chi connectivity index (χ0n) is 12.2. The SMILES string of the molecule is c1ccc(C[Se]c2cccc([Se]Cc3ccccc3)n2)cc1. The van der Waals surface area contributed by atoms with Crippen LogP contribution in [0.5, 0.6) is 0 Å². The van der Waals surface area contributed by atoms with Crippen molar-refractivity contribution in [1.29, 1.82) is 0 Å². The topological polar surface area (TPSA) is 12.9 Å². The summed E-state index contributed by atoms with van der Waals surface area (Å²) >= 11 is 0.834. The second-order valence-electron chi connectivity index (χ2n) is 4.86. The Morgan fingerprint density at radius 1 is 0.545 bits per heavy atom. The maximum atomic E-state index is 4.86. The molecule has 0 saturated heterocycles. The molecular formula is C19H17NSe2. The van der Waals surface area contributed by atoms with Crippen molar-refractivity contribution in [3.63, 3.8) is 0 Å². The summed E-state index contributed by atoms with van der Waals surface area (Å²) in [6, 6.07) is 27.9. The Morgan fingerprint density at radius 2 is 1.00 bits per heavy atom. The van der Waals surface area contributed by atoms with Crippen LogP contribution in [0.2, 0.25) is 0 Å². The van der Waals surface area contributed by atoms with Crippen LogP contribution in [-0.4, -0.2) is 34.9 Å². The average Bonchev–Trinajstić information content (AvgIpc) is 2.60. The van der Waals surface area contributed by atoms with Gasteiger partial charge < -0.3 is 0 Å². The van der Waals surface area contributed by atoms with Gasteiger partial charge in [0.1, 0.15) is 0 Å². The van der Waals surface area contributed by atoms with Gasteiger partial charge >= 0.3 is 145 Å². The number of pyridine rings is 1. The molecule has 3 heteroatoms. The third-order valence-corrected chi connectivity index (χ3v) is 7.36. The standard InChI is InChI=1S/C19H17NSe2/c1-3-8-16(9-4-1)14-21-18-12-7-13-19(20-18)22-15-17-10-5-2-6-11-17/h1-13H,14-15H2. The molecule has 0 aliphatic carbocycles. The molecule has 0 unspecified atom stereocenters. The predicted molar refractivity (Wildman–Crippen MR) is 95.3 cm³/mol. The van der Waals surface area contributed by atoms with Gasteiger partial charge in [-0.25, -0.2) is 0 Å². The summed E-state index contributed by atoms with van der Waals surface area (Å²) in [5.74, 6) is 0. The summed E-state index contributed by atoms with van der Waals surface area (Å²) < 4.78 is 2.53. The Morgan fingerprint density at radius 3 is 1.45 bits per heavy atom. The van der Waals surface area contributed by atoms with Crippen LogP contribution in [0.25, 0.3) is 0 Å². The molecule has 0 atom stereocenters. The molecule has 2 aromatic carbocycles. The Bertz CT molecular complexity index is 640. The van der Waals surface area contributed by atoms with E-state index in [-0.39, 0.29) is 0 Å². The van der Waals surface area contributed by atoms with Crippen LogP contribution < -0.4 is 9.18 Å². The van der Waals surface area contributed by atoms with Crippen molar-refractivity contribution in [3.05, 3.63) is 90.0 Å². The van der Waals surface area contributed by atoms with Crippen LogP contribution in [-0.2, 0) is 10.6 Å². The van der Waals surface area contributed by atoms with E-state index in [1.165, 1.54) is 20.3 Å². The number of hydrogen-bond acceptors (Lipinski definition) is 1. The zero-order valence-corrected chi connectivity index (χ0v) is 15.6. The van der Waals surface area contributed by atoms with Crippen LogP contribution in [0.4, 0.5) is 0 Å². The summed E-state index contributed by atoms with van der Waals surface area (Å²) in [7, 11) is 0. The van der Waals surface area contributed by atoms with Crippen molar-refractivity contribution in [2.75, 3.05) is 0 Å². The third-order valence-electron chi connectivity index (χ3n) is 3.16. The van der Waals surface area contributed by atoms with E-state index in [1.807, 2.05) is 0 Å². The summed E-state index contributed by atoms with van der Waals surface area (Å²) in [5, 5.41) is 2.24. The second kappa shape index (κ2) is 8.31. The van der Waals surface area contributed by atoms with Crippen LogP contribution >= 0.6 is 0 Å². The first kappa shape index (κ1) is 15.5. The van der Waals surface area contributed by atoms with Crippen molar-refractivity contribution < 1.29 is 0 Å². The fraction of sp³-hybridized carbons (Fsp3) is 0.105. The summed E-state index contributed by atoms with van der Waals surface area (Å²) in [6.45, 7) is 0. The fourth-order valence-electron chi connectivity index (χ4n) is 2.02. The van der Waals surface area contributed by atoms with E-state index < -0.39 is 0 Å². The normalized spacial score (nSPS) is 10.5. The third kappa shape index (κ3) is 4.83. The molecule has 110 valence electrons. The maximum absolute atomic E-state index is 4.86. The Balaban J connectivity index is 1.58. The van der Waals surface area contributed by atoms with Gasteiger partial charge in [0.05, 0.1) is 0 Å². The van der Waals surface area contributed by atoms with Crippen molar-refractivity contribution in [2.24, 2.45) is 0 Å². The van der Waals surface area contributed by atoms with Gasteiger partial charge in [0, 0.05) is 0 Å². The minimum absolute atomic E-state index is 0.417. The van der Waals surface area contributed by atoms with Crippen molar-refractivity contribution in [1.82, 2.24) is 4.98 Å². The van der Waals surface area contributed by atoms with Crippen molar-refractivity contribution >= 4 is 39.1 Å². The molecule has 22 heavy (non-hydrogen) atoms. The molecule has 1 heterocycles. The van der Waals surface area contributed by atoms with E-state index in [4.69, 9.17) is 4.98 Å². The molecule has 0 radical (unpaired) electrons. The van der Waals surface area contributed by atoms with Gasteiger partial charge in [0.2, 0.25) is 0 Å². The predicted octanol–water partition coefficient (Wildman–Crippen LogP) is 2.14. The number of hydrogen-bond donors (Lipinski definition) is 0. The van der Waals surface area contributed by atoms with Crippen LogP contribution in [0.15, 0.2) is 78.9 Å². The van der Waals surface area contributed by atoms with Gasteiger partial charge in [0.15, 0.2) is 0 Å². The van der Waals surface area contributed by atoms with Crippen LogP contribution in [0.1, 0.15) is 11.1 Å². The molecule has 1 nitrogen and oxygen atoms in total. The molecule has 3 aromatic rings. The Labute approximate surface area is 144 Å². The number of rotatable bonds is 6. The first-order chi connectivity index (χ1) is 10.9. The van der Waals surface area contributed by atoms with Crippen molar-refractivity contribution in [2.45, 2.75) is 10.6 Å². The Hall–Kier alpha value is -1.37. The molecule has 0 bridgehead atoms. The van der Waals surface area contributed by atoms with Gasteiger partial charge in [-0.05, 0) is 0 Å². The molecule has 0 saturated carbocycles. The average molecular weight is 417 g/mol. The van der Waals surface area contributed by atoms with E-state index >= 15 is 0 Å². The van der Waals surface area contributed by atoms with Gasteiger partial charge in [0.25, 0.3) is 0 Å². The number of nitrogens with zero attached hydrogens (tertiary/aromatic N) is 1. The van der Waals surface area contributed by atoms with Crippen LogP contribution in [0, 0.1) is 0 Å². The van der Waals surface area contributed by atoms with Gasteiger partial charge in [-0.1, -0.05) is 0 Å². The molecule has 1 aromatic heterocycles. The first-order valence-electron chi connectivity index (χ1n) is 7.21. The molecule has 3 rings (SSSR count).